The first-order chi connectivity index (χ1) is 11.8. The Morgan fingerprint density at radius 1 is 1.24 bits per heavy atom. The number of nitrogens with zero attached hydrogens (tertiary/aromatic N) is 1. The second-order valence-electron chi connectivity index (χ2n) is 6.87. The van der Waals surface area contributed by atoms with Crippen molar-refractivity contribution in [1.82, 2.24) is 5.43 Å². The average molecular weight is 403 g/mol. The Hall–Kier alpha value is -2.14. The number of hydrazone groups is 1. The monoisotopic (exact) mass is 402 g/mol. The second kappa shape index (κ2) is 8.30. The molecule has 0 heterocycles. The van der Waals surface area contributed by atoms with Crippen molar-refractivity contribution in [2.45, 2.75) is 33.1 Å². The van der Waals surface area contributed by atoms with Crippen LogP contribution in [0.15, 0.2) is 52.0 Å². The zero-order chi connectivity index (χ0) is 18.4. The highest BCUT2D eigenvalue weighted by molar-refractivity contribution is 9.10. The summed E-state index contributed by atoms with van der Waals surface area (Å²) in [5.74, 6) is 0.407. The molecular weight excluding hydrogens is 380 g/mol. The first-order valence-electron chi connectivity index (χ1n) is 8.07. The third-order valence-corrected chi connectivity index (χ3v) is 4.14. The lowest BCUT2D eigenvalue weighted by molar-refractivity contribution is -0.123. The van der Waals surface area contributed by atoms with Gasteiger partial charge < -0.3 is 4.74 Å². The smallest absolute Gasteiger partial charge is 0.277 e. The molecule has 0 aliphatic carbocycles. The van der Waals surface area contributed by atoms with Crippen LogP contribution in [0.1, 0.15) is 37.5 Å². The summed E-state index contributed by atoms with van der Waals surface area (Å²) in [5.41, 5.74) is 5.69. The first-order valence-corrected chi connectivity index (χ1v) is 8.86. The second-order valence-corrected chi connectivity index (χ2v) is 7.78. The van der Waals surface area contributed by atoms with Gasteiger partial charge in [0.25, 0.3) is 5.91 Å². The number of aryl methyl sites for hydroxylation is 1. The molecule has 0 radical (unpaired) electrons. The molecule has 0 fully saturated rings. The van der Waals surface area contributed by atoms with Gasteiger partial charge in [0.1, 0.15) is 5.75 Å². The lowest BCUT2D eigenvalue weighted by atomic mass is 9.86. The van der Waals surface area contributed by atoms with Crippen LogP contribution in [-0.4, -0.2) is 18.7 Å². The molecular formula is C20H23BrN2O2. The molecule has 4 nitrogen and oxygen atoms in total. The van der Waals surface area contributed by atoms with Gasteiger partial charge in [-0.05, 0) is 47.2 Å². The van der Waals surface area contributed by atoms with Crippen LogP contribution in [0, 0.1) is 6.92 Å². The third-order valence-electron chi connectivity index (χ3n) is 3.65. The van der Waals surface area contributed by atoms with Crippen LogP contribution in [0.2, 0.25) is 0 Å². The van der Waals surface area contributed by atoms with Gasteiger partial charge in [-0.25, -0.2) is 5.43 Å². The minimum Gasteiger partial charge on any atom is -0.483 e. The Bertz CT molecular complexity index is 780. The van der Waals surface area contributed by atoms with Gasteiger partial charge in [0.05, 0.1) is 6.21 Å². The van der Waals surface area contributed by atoms with E-state index in [4.69, 9.17) is 4.74 Å². The number of amides is 1. The first kappa shape index (κ1) is 19.2. The zero-order valence-corrected chi connectivity index (χ0v) is 16.6. The molecule has 0 saturated carbocycles. The van der Waals surface area contributed by atoms with E-state index in [0.717, 1.165) is 15.6 Å². The molecule has 25 heavy (non-hydrogen) atoms. The van der Waals surface area contributed by atoms with E-state index < -0.39 is 0 Å². The molecule has 0 spiro atoms. The quantitative estimate of drug-likeness (QED) is 0.587. The minimum atomic E-state index is -0.300. The van der Waals surface area contributed by atoms with Crippen LogP contribution in [0.25, 0.3) is 0 Å². The van der Waals surface area contributed by atoms with Crippen LogP contribution in [0.3, 0.4) is 0 Å². The van der Waals surface area contributed by atoms with Gasteiger partial charge in [0, 0.05) is 4.47 Å². The molecule has 2 aromatic carbocycles. The molecule has 0 bridgehead atoms. The van der Waals surface area contributed by atoms with Crippen molar-refractivity contribution in [2.75, 3.05) is 6.61 Å². The molecule has 0 unspecified atom stereocenters. The van der Waals surface area contributed by atoms with Crippen molar-refractivity contribution in [1.29, 1.82) is 0 Å². The van der Waals surface area contributed by atoms with Gasteiger partial charge in [-0.1, -0.05) is 61.0 Å². The maximum absolute atomic E-state index is 11.9. The fraction of sp³-hybridized carbons (Fsp3) is 0.300. The van der Waals surface area contributed by atoms with E-state index in [-0.39, 0.29) is 17.9 Å². The van der Waals surface area contributed by atoms with Crippen molar-refractivity contribution in [3.05, 3.63) is 63.6 Å². The number of ether oxygens (including phenoxy) is 1. The number of carbonyl (C=O) groups is 1. The van der Waals surface area contributed by atoms with Crippen molar-refractivity contribution in [3.63, 3.8) is 0 Å². The van der Waals surface area contributed by atoms with Gasteiger partial charge in [0.2, 0.25) is 0 Å². The summed E-state index contributed by atoms with van der Waals surface area (Å²) in [4.78, 5) is 11.9. The summed E-state index contributed by atoms with van der Waals surface area (Å²) in [7, 11) is 0. The van der Waals surface area contributed by atoms with Crippen LogP contribution < -0.4 is 10.2 Å². The van der Waals surface area contributed by atoms with Crippen LogP contribution in [-0.2, 0) is 10.2 Å². The van der Waals surface area contributed by atoms with Crippen LogP contribution in [0.4, 0.5) is 0 Å². The highest BCUT2D eigenvalue weighted by Crippen LogP contribution is 2.27. The summed E-state index contributed by atoms with van der Waals surface area (Å²) < 4.78 is 6.55. The van der Waals surface area contributed by atoms with Gasteiger partial charge in [-0.2, -0.15) is 5.10 Å². The van der Waals surface area contributed by atoms with Gasteiger partial charge in [-0.3, -0.25) is 4.79 Å². The molecule has 1 N–H and O–H groups in total. The number of rotatable bonds is 5. The SMILES string of the molecule is Cc1cc(C(C)(C)C)ccc1OCC(=O)N/N=C/c1cccc(Br)c1. The number of benzene rings is 2. The van der Waals surface area contributed by atoms with E-state index in [1.54, 1.807) is 6.21 Å². The van der Waals surface area contributed by atoms with E-state index >= 15 is 0 Å². The van der Waals surface area contributed by atoms with E-state index in [2.05, 4.69) is 53.3 Å². The maximum Gasteiger partial charge on any atom is 0.277 e. The number of hydrogen-bond acceptors (Lipinski definition) is 3. The predicted molar refractivity (Wildman–Crippen MR) is 105 cm³/mol. The number of carbonyl (C=O) groups excluding carboxylic acids is 1. The van der Waals surface area contributed by atoms with Crippen molar-refractivity contribution in [3.8, 4) is 5.75 Å². The fourth-order valence-electron chi connectivity index (χ4n) is 2.22. The van der Waals surface area contributed by atoms with Crippen molar-refractivity contribution < 1.29 is 9.53 Å². The largest absolute Gasteiger partial charge is 0.483 e. The van der Waals surface area contributed by atoms with E-state index in [9.17, 15) is 4.79 Å². The highest BCUT2D eigenvalue weighted by atomic mass is 79.9. The van der Waals surface area contributed by atoms with Gasteiger partial charge >= 0.3 is 0 Å². The summed E-state index contributed by atoms with van der Waals surface area (Å²) >= 11 is 3.39. The Balaban J connectivity index is 1.88. The molecule has 0 aliphatic rings. The molecule has 0 atom stereocenters. The highest BCUT2D eigenvalue weighted by Gasteiger charge is 2.15. The Labute approximate surface area is 157 Å². The lowest BCUT2D eigenvalue weighted by Crippen LogP contribution is -2.24. The summed E-state index contributed by atoms with van der Waals surface area (Å²) in [6.45, 7) is 8.40. The standard InChI is InChI=1S/C20H23BrN2O2/c1-14-10-16(20(2,3)4)8-9-18(14)25-13-19(24)23-22-12-15-6-5-7-17(21)11-15/h5-12H,13H2,1-4H3,(H,23,24)/b22-12+. The predicted octanol–water partition coefficient (Wildman–Crippen LogP) is 4.58. The fourth-order valence-corrected chi connectivity index (χ4v) is 2.64. The molecule has 0 aliphatic heterocycles. The van der Waals surface area contributed by atoms with Gasteiger partial charge in [-0.15, -0.1) is 0 Å². The minimum absolute atomic E-state index is 0.0778. The normalized spacial score (nSPS) is 11.6. The Morgan fingerprint density at radius 3 is 2.64 bits per heavy atom. The van der Waals surface area contributed by atoms with E-state index in [1.165, 1.54) is 5.56 Å². The molecule has 2 aromatic rings. The molecule has 132 valence electrons. The number of halogens is 1. The van der Waals surface area contributed by atoms with E-state index in [0.29, 0.717) is 5.75 Å². The lowest BCUT2D eigenvalue weighted by Gasteiger charge is -2.20. The number of nitrogens with one attached hydrogen (secondary N) is 1. The zero-order valence-electron chi connectivity index (χ0n) is 15.0. The molecule has 1 amide bonds. The number of hydrogen-bond donors (Lipinski definition) is 1. The van der Waals surface area contributed by atoms with E-state index in [1.807, 2.05) is 43.3 Å². The van der Waals surface area contributed by atoms with Gasteiger partial charge in [0.15, 0.2) is 6.61 Å². The van der Waals surface area contributed by atoms with Crippen LogP contribution in [0.5, 0.6) is 5.75 Å². The summed E-state index contributed by atoms with van der Waals surface area (Å²) in [6, 6.07) is 13.7. The molecule has 0 aromatic heterocycles. The summed E-state index contributed by atoms with van der Waals surface area (Å²) in [5, 5.41) is 3.94. The maximum atomic E-state index is 11.9. The van der Waals surface area contributed by atoms with Crippen molar-refractivity contribution in [2.24, 2.45) is 5.10 Å². The van der Waals surface area contributed by atoms with Crippen molar-refractivity contribution >= 4 is 28.1 Å². The molecule has 5 heteroatoms. The topological polar surface area (TPSA) is 50.7 Å². The molecule has 0 saturated heterocycles. The average Bonchev–Trinajstić information content (AvgIpc) is 2.53. The molecule has 2 rings (SSSR count). The Kier molecular flexibility index (Phi) is 6.37. The third kappa shape index (κ3) is 6.02. The Morgan fingerprint density at radius 2 is 2.00 bits per heavy atom. The summed E-state index contributed by atoms with van der Waals surface area (Å²) in [6.07, 6.45) is 1.59. The van der Waals surface area contributed by atoms with Crippen LogP contribution >= 0.6 is 15.9 Å².